The number of carbonyl (C=O) groups excluding carboxylic acids is 1. The smallest absolute Gasteiger partial charge is 0.267 e. The fourth-order valence-electron chi connectivity index (χ4n) is 2.53. The average Bonchev–Trinajstić information content (AvgIpc) is 2.67. The van der Waals surface area contributed by atoms with Gasteiger partial charge in [0.05, 0.1) is 5.69 Å². The van der Waals surface area contributed by atoms with E-state index in [0.29, 0.717) is 12.2 Å². The number of amides is 1. The minimum absolute atomic E-state index is 0.266. The summed E-state index contributed by atoms with van der Waals surface area (Å²) in [6, 6.07) is 13.9. The predicted molar refractivity (Wildman–Crippen MR) is 99.5 cm³/mol. The Morgan fingerprint density at radius 3 is 2.46 bits per heavy atom. The molecule has 0 saturated heterocycles. The van der Waals surface area contributed by atoms with E-state index in [0.717, 1.165) is 16.7 Å². The van der Waals surface area contributed by atoms with E-state index >= 15 is 0 Å². The van der Waals surface area contributed by atoms with Gasteiger partial charge in [0.25, 0.3) is 5.56 Å². The fourth-order valence-corrected chi connectivity index (χ4v) is 2.53. The number of carbonyl (C=O) groups is 1. The molecule has 26 heavy (non-hydrogen) atoms. The number of aryl methyl sites for hydroxylation is 1. The molecular formula is C20H20N4O2. The molecule has 1 atom stereocenters. The molecule has 1 amide bonds. The Kier molecular flexibility index (Phi) is 5.22. The molecule has 1 N–H and O–H groups in total. The molecular weight excluding hydrogens is 328 g/mol. The number of pyridine rings is 1. The highest BCUT2D eigenvalue weighted by molar-refractivity contribution is 5.79. The maximum atomic E-state index is 12.4. The average molecular weight is 348 g/mol. The van der Waals surface area contributed by atoms with Crippen LogP contribution in [0.2, 0.25) is 0 Å². The van der Waals surface area contributed by atoms with E-state index in [2.05, 4.69) is 15.4 Å². The molecule has 0 unspecified atom stereocenters. The summed E-state index contributed by atoms with van der Waals surface area (Å²) in [4.78, 5) is 28.6. The lowest BCUT2D eigenvalue weighted by molar-refractivity contribution is -0.124. The van der Waals surface area contributed by atoms with Gasteiger partial charge in [-0.05, 0) is 37.6 Å². The van der Waals surface area contributed by atoms with Crippen molar-refractivity contribution in [3.05, 3.63) is 82.4 Å². The summed E-state index contributed by atoms with van der Waals surface area (Å²) >= 11 is 0. The normalized spacial score (nSPS) is 11.8. The molecule has 0 radical (unpaired) electrons. The van der Waals surface area contributed by atoms with Gasteiger partial charge >= 0.3 is 0 Å². The number of aromatic nitrogens is 3. The molecule has 1 aromatic carbocycles. The van der Waals surface area contributed by atoms with Crippen LogP contribution in [0, 0.1) is 6.92 Å². The van der Waals surface area contributed by atoms with Gasteiger partial charge in [-0.25, -0.2) is 4.68 Å². The van der Waals surface area contributed by atoms with E-state index in [9.17, 15) is 9.59 Å². The zero-order valence-electron chi connectivity index (χ0n) is 14.7. The van der Waals surface area contributed by atoms with Crippen molar-refractivity contribution in [1.82, 2.24) is 20.1 Å². The van der Waals surface area contributed by atoms with Crippen molar-refractivity contribution in [2.75, 3.05) is 0 Å². The summed E-state index contributed by atoms with van der Waals surface area (Å²) in [5.74, 6) is -0.266. The van der Waals surface area contributed by atoms with Crippen molar-refractivity contribution < 1.29 is 4.79 Å². The van der Waals surface area contributed by atoms with Crippen LogP contribution in [0.25, 0.3) is 11.3 Å². The number of nitrogens with one attached hydrogen (secondary N) is 1. The third-order valence-corrected chi connectivity index (χ3v) is 4.13. The quantitative estimate of drug-likeness (QED) is 0.768. The highest BCUT2D eigenvalue weighted by Crippen LogP contribution is 2.16. The molecule has 132 valence electrons. The van der Waals surface area contributed by atoms with Gasteiger partial charge in [0.2, 0.25) is 5.91 Å². The molecule has 0 aliphatic carbocycles. The molecule has 0 aliphatic heterocycles. The molecule has 3 rings (SSSR count). The van der Waals surface area contributed by atoms with Crippen molar-refractivity contribution in [2.24, 2.45) is 0 Å². The van der Waals surface area contributed by atoms with Crippen molar-refractivity contribution in [2.45, 2.75) is 26.4 Å². The summed E-state index contributed by atoms with van der Waals surface area (Å²) < 4.78 is 1.22. The fraction of sp³-hybridized carbons (Fsp3) is 0.200. The SMILES string of the molecule is Cc1ccc(-c2ccc(=O)n([C@@H](C)C(=O)NCc3ccncc3)n2)cc1. The summed E-state index contributed by atoms with van der Waals surface area (Å²) in [5.41, 5.74) is 3.32. The van der Waals surface area contributed by atoms with Crippen molar-refractivity contribution in [3.63, 3.8) is 0 Å². The van der Waals surface area contributed by atoms with E-state index in [1.807, 2.05) is 43.3 Å². The van der Waals surface area contributed by atoms with Crippen LogP contribution in [0.5, 0.6) is 0 Å². The Hall–Kier alpha value is -3.28. The van der Waals surface area contributed by atoms with Crippen LogP contribution in [0.3, 0.4) is 0 Å². The Balaban J connectivity index is 1.78. The first-order chi connectivity index (χ1) is 12.5. The lowest BCUT2D eigenvalue weighted by Gasteiger charge is -2.15. The first-order valence-corrected chi connectivity index (χ1v) is 8.38. The van der Waals surface area contributed by atoms with Crippen LogP contribution in [0.4, 0.5) is 0 Å². The molecule has 0 aliphatic rings. The topological polar surface area (TPSA) is 76.9 Å². The van der Waals surface area contributed by atoms with Crippen molar-refractivity contribution in [1.29, 1.82) is 0 Å². The second-order valence-corrected chi connectivity index (χ2v) is 6.12. The van der Waals surface area contributed by atoms with Gasteiger partial charge < -0.3 is 5.32 Å². The Morgan fingerprint density at radius 2 is 1.77 bits per heavy atom. The lowest BCUT2D eigenvalue weighted by Crippen LogP contribution is -2.36. The monoisotopic (exact) mass is 348 g/mol. The van der Waals surface area contributed by atoms with E-state index in [1.54, 1.807) is 25.4 Å². The van der Waals surface area contributed by atoms with Gasteiger partial charge in [0, 0.05) is 30.6 Å². The first kappa shape index (κ1) is 17.5. The van der Waals surface area contributed by atoms with E-state index in [4.69, 9.17) is 0 Å². The van der Waals surface area contributed by atoms with Gasteiger partial charge in [-0.15, -0.1) is 0 Å². The predicted octanol–water partition coefficient (Wildman–Crippen LogP) is 2.49. The minimum Gasteiger partial charge on any atom is -0.350 e. The molecule has 0 saturated carbocycles. The van der Waals surface area contributed by atoms with Crippen LogP contribution >= 0.6 is 0 Å². The Bertz CT molecular complexity index is 950. The zero-order valence-corrected chi connectivity index (χ0v) is 14.7. The minimum atomic E-state index is -0.713. The maximum absolute atomic E-state index is 12.4. The van der Waals surface area contributed by atoms with E-state index < -0.39 is 6.04 Å². The summed E-state index contributed by atoms with van der Waals surface area (Å²) in [5, 5.41) is 7.21. The van der Waals surface area contributed by atoms with Crippen LogP contribution < -0.4 is 10.9 Å². The van der Waals surface area contributed by atoms with Gasteiger partial charge in [-0.2, -0.15) is 5.10 Å². The standard InChI is InChI=1S/C20H20N4O2/c1-14-3-5-17(6-4-14)18-7-8-19(25)24(23-18)15(2)20(26)22-13-16-9-11-21-12-10-16/h3-12,15H,13H2,1-2H3,(H,22,26)/t15-/m0/s1. The zero-order chi connectivity index (χ0) is 18.5. The first-order valence-electron chi connectivity index (χ1n) is 8.38. The molecule has 0 spiro atoms. The number of benzene rings is 1. The molecule has 2 aromatic heterocycles. The van der Waals surface area contributed by atoms with Gasteiger partial charge in [-0.3, -0.25) is 14.6 Å². The maximum Gasteiger partial charge on any atom is 0.267 e. The Morgan fingerprint density at radius 1 is 1.08 bits per heavy atom. The second kappa shape index (κ2) is 7.74. The van der Waals surface area contributed by atoms with E-state index in [-0.39, 0.29) is 11.5 Å². The van der Waals surface area contributed by atoms with Gasteiger partial charge in [0.1, 0.15) is 6.04 Å². The number of hydrogen-bond donors (Lipinski definition) is 1. The lowest BCUT2D eigenvalue weighted by atomic mass is 10.1. The van der Waals surface area contributed by atoms with E-state index in [1.165, 1.54) is 10.7 Å². The molecule has 6 heteroatoms. The molecule has 2 heterocycles. The largest absolute Gasteiger partial charge is 0.350 e. The third-order valence-electron chi connectivity index (χ3n) is 4.13. The molecule has 6 nitrogen and oxygen atoms in total. The van der Waals surface area contributed by atoms with Crippen LogP contribution in [0.1, 0.15) is 24.1 Å². The molecule has 0 fully saturated rings. The highest BCUT2D eigenvalue weighted by atomic mass is 16.2. The summed E-state index contributed by atoms with van der Waals surface area (Å²) in [6.07, 6.45) is 3.34. The number of nitrogens with zero attached hydrogens (tertiary/aromatic N) is 3. The van der Waals surface area contributed by atoms with Crippen LogP contribution in [0.15, 0.2) is 65.7 Å². The van der Waals surface area contributed by atoms with Crippen molar-refractivity contribution >= 4 is 5.91 Å². The van der Waals surface area contributed by atoms with Gasteiger partial charge in [-0.1, -0.05) is 29.8 Å². The number of hydrogen-bond acceptors (Lipinski definition) is 4. The highest BCUT2D eigenvalue weighted by Gasteiger charge is 2.17. The van der Waals surface area contributed by atoms with Crippen molar-refractivity contribution in [3.8, 4) is 11.3 Å². The second-order valence-electron chi connectivity index (χ2n) is 6.12. The molecule has 0 bridgehead atoms. The summed E-state index contributed by atoms with van der Waals surface area (Å²) in [6.45, 7) is 4.04. The Labute approximate surface area is 151 Å². The number of rotatable bonds is 5. The molecule has 3 aromatic rings. The van der Waals surface area contributed by atoms with Crippen LogP contribution in [-0.4, -0.2) is 20.7 Å². The summed E-state index contributed by atoms with van der Waals surface area (Å²) in [7, 11) is 0. The van der Waals surface area contributed by atoms with Gasteiger partial charge in [0.15, 0.2) is 0 Å². The van der Waals surface area contributed by atoms with Crippen LogP contribution in [-0.2, 0) is 11.3 Å². The third kappa shape index (κ3) is 4.03.